The van der Waals surface area contributed by atoms with Gasteiger partial charge in [0.1, 0.15) is 0 Å². The maximum absolute atomic E-state index is 3.77. The summed E-state index contributed by atoms with van der Waals surface area (Å²) in [6.45, 7) is 2.27. The highest BCUT2D eigenvalue weighted by molar-refractivity contribution is 5.54. The van der Waals surface area contributed by atoms with Crippen LogP contribution in [-0.4, -0.2) is 19.1 Å². The molecule has 0 bridgehead atoms. The minimum Gasteiger partial charge on any atom is -0.385 e. The molecule has 1 heterocycles. The van der Waals surface area contributed by atoms with E-state index in [4.69, 9.17) is 0 Å². The number of hydrogen-bond acceptors (Lipinski definition) is 2. The molecule has 1 aromatic rings. The van der Waals surface area contributed by atoms with Gasteiger partial charge in [-0.15, -0.1) is 0 Å². The molecule has 1 saturated carbocycles. The number of nitrogens with one attached hydrogen (secondary N) is 2. The van der Waals surface area contributed by atoms with E-state index in [-0.39, 0.29) is 0 Å². The standard InChI is InChI=1S/C18H28N2/c1-2-4-8-17(7-3-1)19-13-11-15-9-10-18-16(14-15)6-5-12-20-18/h9-10,14,17,19-20H,1-8,11-13H2. The average molecular weight is 272 g/mol. The van der Waals surface area contributed by atoms with Crippen LogP contribution >= 0.6 is 0 Å². The van der Waals surface area contributed by atoms with Crippen LogP contribution in [0.5, 0.6) is 0 Å². The first-order chi connectivity index (χ1) is 9.92. The van der Waals surface area contributed by atoms with Gasteiger partial charge in [0.2, 0.25) is 0 Å². The SMILES string of the molecule is c1cc2c(cc1CCNC1CCCCCC1)CCCN2. The first-order valence-corrected chi connectivity index (χ1v) is 8.51. The molecule has 0 radical (unpaired) electrons. The van der Waals surface area contributed by atoms with E-state index in [0.717, 1.165) is 19.1 Å². The van der Waals surface area contributed by atoms with E-state index in [1.807, 2.05) is 0 Å². The fourth-order valence-electron chi connectivity index (χ4n) is 3.59. The summed E-state index contributed by atoms with van der Waals surface area (Å²) in [5.41, 5.74) is 4.37. The molecule has 2 N–H and O–H groups in total. The molecule has 1 aromatic carbocycles. The Bertz CT molecular complexity index is 419. The highest BCUT2D eigenvalue weighted by atomic mass is 14.9. The molecule has 20 heavy (non-hydrogen) atoms. The van der Waals surface area contributed by atoms with Crippen molar-refractivity contribution in [2.24, 2.45) is 0 Å². The zero-order valence-electron chi connectivity index (χ0n) is 12.6. The molecule has 1 fully saturated rings. The van der Waals surface area contributed by atoms with Crippen LogP contribution in [-0.2, 0) is 12.8 Å². The van der Waals surface area contributed by atoms with Crippen molar-refractivity contribution in [3.8, 4) is 0 Å². The second kappa shape index (κ2) is 7.12. The molecule has 2 nitrogen and oxygen atoms in total. The average Bonchev–Trinajstić information content (AvgIpc) is 2.76. The highest BCUT2D eigenvalue weighted by Crippen LogP contribution is 2.23. The van der Waals surface area contributed by atoms with Gasteiger partial charge in [0.15, 0.2) is 0 Å². The molecule has 0 unspecified atom stereocenters. The smallest absolute Gasteiger partial charge is 0.0372 e. The Labute approximate surface area is 123 Å². The Morgan fingerprint density at radius 2 is 1.90 bits per heavy atom. The third-order valence-corrected chi connectivity index (χ3v) is 4.81. The fraction of sp³-hybridized carbons (Fsp3) is 0.667. The molecule has 3 rings (SSSR count). The molecule has 2 heteroatoms. The zero-order chi connectivity index (χ0) is 13.6. The Kier molecular flexibility index (Phi) is 4.96. The van der Waals surface area contributed by atoms with Gasteiger partial charge >= 0.3 is 0 Å². The first kappa shape index (κ1) is 13.9. The predicted octanol–water partition coefficient (Wildman–Crippen LogP) is 3.90. The minimum absolute atomic E-state index is 0.775. The molecule has 0 atom stereocenters. The Balaban J connectivity index is 1.48. The van der Waals surface area contributed by atoms with Crippen LogP contribution < -0.4 is 10.6 Å². The topological polar surface area (TPSA) is 24.1 Å². The quantitative estimate of drug-likeness (QED) is 0.812. The normalized spacial score (nSPS) is 20.0. The molecule has 0 spiro atoms. The van der Waals surface area contributed by atoms with Gasteiger partial charge in [0.05, 0.1) is 0 Å². The molecule has 0 saturated heterocycles. The summed E-state index contributed by atoms with van der Waals surface area (Å²) in [6, 6.07) is 7.76. The number of hydrogen-bond donors (Lipinski definition) is 2. The third kappa shape index (κ3) is 3.76. The van der Waals surface area contributed by atoms with Gasteiger partial charge in [-0.2, -0.15) is 0 Å². The van der Waals surface area contributed by atoms with Crippen LogP contribution in [0.1, 0.15) is 56.1 Å². The molecule has 2 aliphatic rings. The van der Waals surface area contributed by atoms with Gasteiger partial charge in [0.25, 0.3) is 0 Å². The van der Waals surface area contributed by atoms with Gasteiger partial charge in [-0.05, 0) is 55.8 Å². The number of fused-ring (bicyclic) bond motifs is 1. The number of rotatable bonds is 4. The highest BCUT2D eigenvalue weighted by Gasteiger charge is 2.12. The van der Waals surface area contributed by atoms with Crippen molar-refractivity contribution in [1.82, 2.24) is 5.32 Å². The second-order valence-electron chi connectivity index (χ2n) is 6.41. The predicted molar refractivity (Wildman–Crippen MR) is 86.4 cm³/mol. The molecule has 1 aliphatic carbocycles. The minimum atomic E-state index is 0.775. The number of aryl methyl sites for hydroxylation is 1. The van der Waals surface area contributed by atoms with Crippen LogP contribution in [0.25, 0.3) is 0 Å². The van der Waals surface area contributed by atoms with Gasteiger partial charge < -0.3 is 10.6 Å². The summed E-state index contributed by atoms with van der Waals surface area (Å²) >= 11 is 0. The summed E-state index contributed by atoms with van der Waals surface area (Å²) in [5, 5.41) is 7.26. The molecule has 0 amide bonds. The number of anilines is 1. The van der Waals surface area contributed by atoms with Crippen LogP contribution in [0.3, 0.4) is 0 Å². The van der Waals surface area contributed by atoms with E-state index in [0.29, 0.717) is 0 Å². The van der Waals surface area contributed by atoms with Crippen LogP contribution in [0.2, 0.25) is 0 Å². The lowest BCUT2D eigenvalue weighted by Crippen LogP contribution is -2.30. The van der Waals surface area contributed by atoms with Crippen molar-refractivity contribution in [2.75, 3.05) is 18.4 Å². The van der Waals surface area contributed by atoms with Crippen molar-refractivity contribution in [3.05, 3.63) is 29.3 Å². The molecular formula is C18H28N2. The monoisotopic (exact) mass is 272 g/mol. The maximum Gasteiger partial charge on any atom is 0.0372 e. The van der Waals surface area contributed by atoms with E-state index in [2.05, 4.69) is 28.8 Å². The first-order valence-electron chi connectivity index (χ1n) is 8.51. The lowest BCUT2D eigenvalue weighted by Gasteiger charge is -2.19. The fourth-order valence-corrected chi connectivity index (χ4v) is 3.59. The van der Waals surface area contributed by atoms with E-state index in [9.17, 15) is 0 Å². The molecule has 110 valence electrons. The Hall–Kier alpha value is -1.02. The third-order valence-electron chi connectivity index (χ3n) is 4.81. The van der Waals surface area contributed by atoms with E-state index < -0.39 is 0 Å². The van der Waals surface area contributed by atoms with E-state index in [1.54, 1.807) is 0 Å². The zero-order valence-corrected chi connectivity index (χ0v) is 12.6. The summed E-state index contributed by atoms with van der Waals surface area (Å²) < 4.78 is 0. The molecule has 0 aromatic heterocycles. The lowest BCUT2D eigenvalue weighted by molar-refractivity contribution is 0.463. The van der Waals surface area contributed by atoms with E-state index in [1.165, 1.54) is 74.6 Å². The Morgan fingerprint density at radius 1 is 1.05 bits per heavy atom. The van der Waals surface area contributed by atoms with Crippen molar-refractivity contribution in [1.29, 1.82) is 0 Å². The van der Waals surface area contributed by atoms with Crippen LogP contribution in [0, 0.1) is 0 Å². The van der Waals surface area contributed by atoms with Crippen molar-refractivity contribution in [2.45, 2.75) is 63.8 Å². The summed E-state index contributed by atoms with van der Waals surface area (Å²) in [5.74, 6) is 0. The van der Waals surface area contributed by atoms with Gasteiger partial charge in [0, 0.05) is 18.3 Å². The van der Waals surface area contributed by atoms with Crippen LogP contribution in [0.4, 0.5) is 5.69 Å². The van der Waals surface area contributed by atoms with Crippen molar-refractivity contribution >= 4 is 5.69 Å². The number of benzene rings is 1. The summed E-state index contributed by atoms with van der Waals surface area (Å²) in [7, 11) is 0. The van der Waals surface area contributed by atoms with Gasteiger partial charge in [-0.3, -0.25) is 0 Å². The van der Waals surface area contributed by atoms with Gasteiger partial charge in [-0.1, -0.05) is 37.8 Å². The summed E-state index contributed by atoms with van der Waals surface area (Å²) in [6.07, 6.45) is 12.2. The second-order valence-corrected chi connectivity index (χ2v) is 6.41. The van der Waals surface area contributed by atoms with Crippen LogP contribution in [0.15, 0.2) is 18.2 Å². The molecule has 1 aliphatic heterocycles. The Morgan fingerprint density at radius 3 is 2.75 bits per heavy atom. The summed E-state index contributed by atoms with van der Waals surface area (Å²) in [4.78, 5) is 0. The maximum atomic E-state index is 3.77. The molecular weight excluding hydrogens is 244 g/mol. The lowest BCUT2D eigenvalue weighted by atomic mass is 9.99. The van der Waals surface area contributed by atoms with E-state index >= 15 is 0 Å². The van der Waals surface area contributed by atoms with Crippen molar-refractivity contribution < 1.29 is 0 Å². The van der Waals surface area contributed by atoms with Gasteiger partial charge in [-0.25, -0.2) is 0 Å². The largest absolute Gasteiger partial charge is 0.385 e. The van der Waals surface area contributed by atoms with Crippen molar-refractivity contribution in [3.63, 3.8) is 0 Å².